The Morgan fingerprint density at radius 3 is 2.75 bits per heavy atom. The Hall–Kier alpha value is -1.55. The summed E-state index contributed by atoms with van der Waals surface area (Å²) >= 11 is 0. The van der Waals surface area contributed by atoms with Crippen LogP contribution in [0.3, 0.4) is 0 Å². The first kappa shape index (κ1) is 13.4. The topological polar surface area (TPSA) is 58.4 Å². The largest absolute Gasteiger partial charge is 0.399 e. The van der Waals surface area contributed by atoms with Gasteiger partial charge < -0.3 is 11.1 Å². The van der Waals surface area contributed by atoms with Gasteiger partial charge in [0.15, 0.2) is 0 Å². The highest BCUT2D eigenvalue weighted by Crippen LogP contribution is 2.31. The van der Waals surface area contributed by atoms with E-state index >= 15 is 0 Å². The first-order chi connectivity index (χ1) is 9.63. The monoisotopic (exact) mass is 273 g/mol. The third kappa shape index (κ3) is 3.31. The van der Waals surface area contributed by atoms with Crippen LogP contribution in [0.15, 0.2) is 24.3 Å². The van der Waals surface area contributed by atoms with E-state index in [-0.39, 0.29) is 11.9 Å². The van der Waals surface area contributed by atoms with Crippen LogP contribution >= 0.6 is 0 Å². The van der Waals surface area contributed by atoms with Crippen molar-refractivity contribution in [3.05, 3.63) is 29.8 Å². The Bertz CT molecular complexity index is 494. The number of amides is 1. The molecule has 0 heterocycles. The van der Waals surface area contributed by atoms with Gasteiger partial charge in [0.25, 0.3) is 0 Å². The fourth-order valence-corrected chi connectivity index (χ4v) is 2.59. The molecule has 108 valence electrons. The average Bonchev–Trinajstić information content (AvgIpc) is 3.28. The van der Waals surface area contributed by atoms with Gasteiger partial charge in [0.05, 0.1) is 6.04 Å². The van der Waals surface area contributed by atoms with Gasteiger partial charge in [0, 0.05) is 24.3 Å². The maximum Gasteiger partial charge on any atom is 0.237 e. The van der Waals surface area contributed by atoms with Crippen molar-refractivity contribution in [2.45, 2.75) is 57.3 Å². The molecule has 2 aliphatic carbocycles. The number of hydrogen-bond donors (Lipinski definition) is 2. The van der Waals surface area contributed by atoms with Crippen LogP contribution in [0.25, 0.3) is 0 Å². The number of carbonyl (C=O) groups is 1. The minimum Gasteiger partial charge on any atom is -0.399 e. The Labute approximate surface area is 120 Å². The summed E-state index contributed by atoms with van der Waals surface area (Å²) in [5.74, 6) is 0.170. The quantitative estimate of drug-likeness (QED) is 0.778. The fraction of sp³-hybridized carbons (Fsp3) is 0.562. The second-order valence-electron chi connectivity index (χ2n) is 6.11. The third-order valence-corrected chi connectivity index (χ3v) is 4.13. The van der Waals surface area contributed by atoms with Crippen molar-refractivity contribution < 1.29 is 4.79 Å². The molecule has 3 N–H and O–H groups in total. The molecule has 0 saturated heterocycles. The van der Waals surface area contributed by atoms with Crippen LogP contribution in [0.5, 0.6) is 0 Å². The zero-order valence-corrected chi connectivity index (χ0v) is 12.0. The average molecular weight is 273 g/mol. The molecule has 0 bridgehead atoms. The molecule has 2 aliphatic rings. The Balaban J connectivity index is 1.66. The van der Waals surface area contributed by atoms with Crippen LogP contribution in [0, 0.1) is 0 Å². The Kier molecular flexibility index (Phi) is 3.66. The van der Waals surface area contributed by atoms with E-state index in [9.17, 15) is 4.79 Å². The van der Waals surface area contributed by atoms with Gasteiger partial charge in [0.1, 0.15) is 0 Å². The van der Waals surface area contributed by atoms with E-state index in [0.29, 0.717) is 12.1 Å². The highest BCUT2D eigenvalue weighted by atomic mass is 16.2. The minimum absolute atomic E-state index is 0.0652. The third-order valence-electron chi connectivity index (χ3n) is 4.13. The van der Waals surface area contributed by atoms with Gasteiger partial charge in [-0.2, -0.15) is 0 Å². The molecule has 2 fully saturated rings. The van der Waals surface area contributed by atoms with Gasteiger partial charge in [0.2, 0.25) is 5.91 Å². The van der Waals surface area contributed by atoms with Crippen molar-refractivity contribution in [1.82, 2.24) is 10.2 Å². The van der Waals surface area contributed by atoms with Gasteiger partial charge in [-0.05, 0) is 50.3 Å². The van der Waals surface area contributed by atoms with Gasteiger partial charge in [-0.15, -0.1) is 0 Å². The number of rotatable bonds is 6. The minimum atomic E-state index is -0.0652. The molecule has 0 aliphatic heterocycles. The fourth-order valence-electron chi connectivity index (χ4n) is 2.59. The zero-order chi connectivity index (χ0) is 14.1. The van der Waals surface area contributed by atoms with E-state index in [1.54, 1.807) is 0 Å². The summed E-state index contributed by atoms with van der Waals surface area (Å²) in [6, 6.07) is 8.87. The molecule has 2 saturated carbocycles. The van der Waals surface area contributed by atoms with E-state index < -0.39 is 0 Å². The number of nitrogens with zero attached hydrogens (tertiary/aromatic N) is 1. The van der Waals surface area contributed by atoms with Gasteiger partial charge in [-0.1, -0.05) is 12.1 Å². The molecule has 1 aromatic carbocycles. The van der Waals surface area contributed by atoms with E-state index in [1.165, 1.54) is 18.4 Å². The Morgan fingerprint density at radius 2 is 2.15 bits per heavy atom. The lowest BCUT2D eigenvalue weighted by Crippen LogP contribution is -2.46. The molecule has 4 heteroatoms. The summed E-state index contributed by atoms with van der Waals surface area (Å²) in [5.41, 5.74) is 7.81. The van der Waals surface area contributed by atoms with Crippen molar-refractivity contribution in [3.8, 4) is 0 Å². The lowest BCUT2D eigenvalue weighted by molar-refractivity contribution is -0.126. The first-order valence-electron chi connectivity index (χ1n) is 7.54. The molecule has 0 radical (unpaired) electrons. The molecular formula is C16H23N3O. The van der Waals surface area contributed by atoms with E-state index in [4.69, 9.17) is 5.73 Å². The van der Waals surface area contributed by atoms with Crippen LogP contribution in [-0.4, -0.2) is 28.9 Å². The SMILES string of the molecule is CC(C(=O)NC1CC1)N(Cc1cccc(N)c1)C1CC1. The number of hydrogen-bond acceptors (Lipinski definition) is 3. The van der Waals surface area contributed by atoms with Gasteiger partial charge >= 0.3 is 0 Å². The van der Waals surface area contributed by atoms with Crippen molar-refractivity contribution >= 4 is 11.6 Å². The lowest BCUT2D eigenvalue weighted by atomic mass is 10.1. The molecule has 1 aromatic rings. The van der Waals surface area contributed by atoms with E-state index in [2.05, 4.69) is 16.3 Å². The molecule has 1 unspecified atom stereocenters. The second kappa shape index (κ2) is 5.44. The smallest absolute Gasteiger partial charge is 0.237 e. The van der Waals surface area contributed by atoms with E-state index in [1.807, 2.05) is 25.1 Å². The summed E-state index contributed by atoms with van der Waals surface area (Å²) in [6.45, 7) is 2.82. The maximum absolute atomic E-state index is 12.2. The molecule has 1 amide bonds. The summed E-state index contributed by atoms with van der Waals surface area (Å²) in [6.07, 6.45) is 4.67. The van der Waals surface area contributed by atoms with Crippen LogP contribution in [0.2, 0.25) is 0 Å². The van der Waals surface area contributed by atoms with Crippen LogP contribution in [0.1, 0.15) is 38.2 Å². The van der Waals surface area contributed by atoms with Gasteiger partial charge in [-0.25, -0.2) is 0 Å². The van der Waals surface area contributed by atoms with Crippen molar-refractivity contribution in [2.75, 3.05) is 5.73 Å². The van der Waals surface area contributed by atoms with Crippen molar-refractivity contribution in [3.63, 3.8) is 0 Å². The molecule has 1 atom stereocenters. The molecule has 0 spiro atoms. The molecular weight excluding hydrogens is 250 g/mol. The highest BCUT2D eigenvalue weighted by molar-refractivity contribution is 5.82. The van der Waals surface area contributed by atoms with Crippen molar-refractivity contribution in [1.29, 1.82) is 0 Å². The maximum atomic E-state index is 12.2. The number of benzene rings is 1. The summed E-state index contributed by atoms with van der Waals surface area (Å²) in [4.78, 5) is 14.6. The first-order valence-corrected chi connectivity index (χ1v) is 7.54. The van der Waals surface area contributed by atoms with E-state index in [0.717, 1.165) is 25.1 Å². The molecule has 3 rings (SSSR count). The second-order valence-corrected chi connectivity index (χ2v) is 6.11. The molecule has 4 nitrogen and oxygen atoms in total. The predicted molar refractivity (Wildman–Crippen MR) is 80.0 cm³/mol. The van der Waals surface area contributed by atoms with Crippen LogP contribution < -0.4 is 11.1 Å². The number of nitrogens with one attached hydrogen (secondary N) is 1. The normalized spacial score (nSPS) is 19.9. The van der Waals surface area contributed by atoms with Crippen molar-refractivity contribution in [2.24, 2.45) is 0 Å². The predicted octanol–water partition coefficient (Wildman–Crippen LogP) is 1.90. The standard InChI is InChI=1S/C16H23N3O/c1-11(16(20)18-14-5-6-14)19(15-7-8-15)10-12-3-2-4-13(17)9-12/h2-4,9,11,14-15H,5-8,10,17H2,1H3,(H,18,20). The summed E-state index contributed by atoms with van der Waals surface area (Å²) in [7, 11) is 0. The number of nitrogens with two attached hydrogens (primary N) is 1. The van der Waals surface area contributed by atoms with Crippen LogP contribution in [-0.2, 0) is 11.3 Å². The van der Waals surface area contributed by atoms with Gasteiger partial charge in [-0.3, -0.25) is 9.69 Å². The van der Waals surface area contributed by atoms with Crippen LogP contribution in [0.4, 0.5) is 5.69 Å². The highest BCUT2D eigenvalue weighted by Gasteiger charge is 2.36. The molecule has 20 heavy (non-hydrogen) atoms. The number of carbonyl (C=O) groups excluding carboxylic acids is 1. The zero-order valence-electron chi connectivity index (χ0n) is 12.0. The molecule has 0 aromatic heterocycles. The number of anilines is 1. The number of nitrogen functional groups attached to an aromatic ring is 1. The lowest BCUT2D eigenvalue weighted by Gasteiger charge is -2.28. The Morgan fingerprint density at radius 1 is 1.40 bits per heavy atom. The summed E-state index contributed by atoms with van der Waals surface area (Å²) < 4.78 is 0. The summed E-state index contributed by atoms with van der Waals surface area (Å²) in [5, 5.41) is 3.11.